The molecule has 88 valence electrons. The zero-order chi connectivity index (χ0) is 11.1. The minimum Gasteiger partial charge on any atom is -0.372 e. The summed E-state index contributed by atoms with van der Waals surface area (Å²) < 4.78 is 5.14. The average molecular weight is 234 g/mol. The van der Waals surface area contributed by atoms with Crippen molar-refractivity contribution in [2.75, 3.05) is 19.8 Å². The van der Waals surface area contributed by atoms with Gasteiger partial charge in [-0.3, -0.25) is 4.79 Å². The monoisotopic (exact) mass is 233 g/mol. The van der Waals surface area contributed by atoms with E-state index in [1.165, 1.54) is 6.42 Å². The van der Waals surface area contributed by atoms with Gasteiger partial charge in [0.25, 0.3) is 0 Å². The van der Waals surface area contributed by atoms with Crippen molar-refractivity contribution in [3.05, 3.63) is 0 Å². The summed E-state index contributed by atoms with van der Waals surface area (Å²) in [6.45, 7) is 3.54. The molecule has 0 aromatic heterocycles. The molecule has 0 saturated heterocycles. The normalized spacial score (nSPS) is 25.5. The number of hydrogen-bond acceptors (Lipinski definition) is 2. The van der Waals surface area contributed by atoms with Crippen LogP contribution in [0.15, 0.2) is 0 Å². The SMILES string of the molecule is CCCOCC(=O)NCC1CCCC1Cl. The quantitative estimate of drug-likeness (QED) is 0.563. The molecule has 1 aliphatic carbocycles. The van der Waals surface area contributed by atoms with Crippen molar-refractivity contribution in [3.8, 4) is 0 Å². The third-order valence-corrected chi connectivity index (χ3v) is 3.28. The van der Waals surface area contributed by atoms with Gasteiger partial charge in [0.15, 0.2) is 0 Å². The zero-order valence-corrected chi connectivity index (χ0v) is 10.1. The molecule has 0 bridgehead atoms. The molecule has 0 aliphatic heterocycles. The van der Waals surface area contributed by atoms with E-state index in [2.05, 4.69) is 5.32 Å². The summed E-state index contributed by atoms with van der Waals surface area (Å²) in [6, 6.07) is 0. The first-order chi connectivity index (χ1) is 7.24. The Morgan fingerprint density at radius 2 is 2.33 bits per heavy atom. The average Bonchev–Trinajstić information content (AvgIpc) is 2.61. The van der Waals surface area contributed by atoms with E-state index in [0.29, 0.717) is 19.1 Å². The van der Waals surface area contributed by atoms with Gasteiger partial charge in [0.1, 0.15) is 6.61 Å². The van der Waals surface area contributed by atoms with Crippen molar-refractivity contribution in [1.82, 2.24) is 5.32 Å². The summed E-state index contributed by atoms with van der Waals surface area (Å²) >= 11 is 6.11. The fourth-order valence-electron chi connectivity index (χ4n) is 1.83. The van der Waals surface area contributed by atoms with Crippen molar-refractivity contribution in [1.29, 1.82) is 0 Å². The number of amides is 1. The summed E-state index contributed by atoms with van der Waals surface area (Å²) in [5, 5.41) is 3.10. The number of hydrogen-bond donors (Lipinski definition) is 1. The molecular formula is C11H20ClNO2. The van der Waals surface area contributed by atoms with Gasteiger partial charge in [-0.2, -0.15) is 0 Å². The molecule has 0 heterocycles. The molecule has 3 nitrogen and oxygen atoms in total. The zero-order valence-electron chi connectivity index (χ0n) is 9.30. The standard InChI is InChI=1S/C11H20ClNO2/c1-2-6-15-8-11(14)13-7-9-4-3-5-10(9)12/h9-10H,2-8H2,1H3,(H,13,14). The van der Waals surface area contributed by atoms with Crippen LogP contribution in [0.5, 0.6) is 0 Å². The van der Waals surface area contributed by atoms with Crippen molar-refractivity contribution < 1.29 is 9.53 Å². The van der Waals surface area contributed by atoms with Gasteiger partial charge < -0.3 is 10.1 Å². The van der Waals surface area contributed by atoms with Crippen LogP contribution in [0.3, 0.4) is 0 Å². The molecule has 2 atom stereocenters. The lowest BCUT2D eigenvalue weighted by atomic mass is 10.1. The minimum atomic E-state index is -0.0285. The lowest BCUT2D eigenvalue weighted by molar-refractivity contribution is -0.125. The number of ether oxygens (including phenoxy) is 1. The van der Waals surface area contributed by atoms with Crippen LogP contribution >= 0.6 is 11.6 Å². The molecule has 0 aromatic rings. The summed E-state index contributed by atoms with van der Waals surface area (Å²) in [4.78, 5) is 11.3. The first kappa shape index (κ1) is 12.8. The van der Waals surface area contributed by atoms with E-state index in [1.807, 2.05) is 6.92 Å². The molecule has 1 fully saturated rings. The molecule has 1 rings (SSSR count). The summed E-state index contributed by atoms with van der Waals surface area (Å²) in [6.07, 6.45) is 4.33. The fraction of sp³-hybridized carbons (Fsp3) is 0.909. The van der Waals surface area contributed by atoms with Gasteiger partial charge >= 0.3 is 0 Å². The molecule has 0 radical (unpaired) electrons. The van der Waals surface area contributed by atoms with Crippen molar-refractivity contribution in [3.63, 3.8) is 0 Å². The maximum absolute atomic E-state index is 11.3. The summed E-state index contributed by atoms with van der Waals surface area (Å²) in [5.41, 5.74) is 0. The number of halogens is 1. The smallest absolute Gasteiger partial charge is 0.246 e. The summed E-state index contributed by atoms with van der Waals surface area (Å²) in [5.74, 6) is 0.418. The van der Waals surface area contributed by atoms with E-state index in [-0.39, 0.29) is 17.9 Å². The van der Waals surface area contributed by atoms with Gasteiger partial charge in [-0.25, -0.2) is 0 Å². The number of rotatable bonds is 6. The van der Waals surface area contributed by atoms with Crippen LogP contribution in [0.2, 0.25) is 0 Å². The molecule has 1 N–H and O–H groups in total. The Hall–Kier alpha value is -0.280. The highest BCUT2D eigenvalue weighted by molar-refractivity contribution is 6.20. The second-order valence-electron chi connectivity index (χ2n) is 4.06. The largest absolute Gasteiger partial charge is 0.372 e. The van der Waals surface area contributed by atoms with E-state index in [0.717, 1.165) is 19.3 Å². The molecule has 2 unspecified atom stereocenters. The van der Waals surface area contributed by atoms with Crippen molar-refractivity contribution in [2.45, 2.75) is 38.0 Å². The van der Waals surface area contributed by atoms with Crippen LogP contribution in [0.4, 0.5) is 0 Å². The Balaban J connectivity index is 2.05. The van der Waals surface area contributed by atoms with Crippen molar-refractivity contribution in [2.24, 2.45) is 5.92 Å². The number of nitrogens with one attached hydrogen (secondary N) is 1. The lowest BCUT2D eigenvalue weighted by Crippen LogP contribution is -2.33. The highest BCUT2D eigenvalue weighted by atomic mass is 35.5. The predicted molar refractivity (Wildman–Crippen MR) is 61.1 cm³/mol. The van der Waals surface area contributed by atoms with Crippen LogP contribution in [0.25, 0.3) is 0 Å². The van der Waals surface area contributed by atoms with Gasteiger partial charge in [-0.05, 0) is 25.2 Å². The Morgan fingerprint density at radius 3 is 2.93 bits per heavy atom. The molecule has 0 spiro atoms. The molecule has 0 aromatic carbocycles. The van der Waals surface area contributed by atoms with E-state index in [1.54, 1.807) is 0 Å². The van der Waals surface area contributed by atoms with E-state index < -0.39 is 0 Å². The number of carbonyl (C=O) groups is 1. The van der Waals surface area contributed by atoms with Crippen LogP contribution in [-0.4, -0.2) is 31.0 Å². The molecule has 15 heavy (non-hydrogen) atoms. The molecule has 4 heteroatoms. The topological polar surface area (TPSA) is 38.3 Å². The second kappa shape index (κ2) is 7.07. The van der Waals surface area contributed by atoms with Gasteiger partial charge in [0.2, 0.25) is 5.91 Å². The van der Waals surface area contributed by atoms with Crippen LogP contribution in [0.1, 0.15) is 32.6 Å². The van der Waals surface area contributed by atoms with Crippen molar-refractivity contribution >= 4 is 17.5 Å². The van der Waals surface area contributed by atoms with Gasteiger partial charge in [-0.1, -0.05) is 13.3 Å². The first-order valence-corrected chi connectivity index (χ1v) is 6.16. The van der Waals surface area contributed by atoms with E-state index in [9.17, 15) is 4.79 Å². The maximum atomic E-state index is 11.3. The van der Waals surface area contributed by atoms with E-state index >= 15 is 0 Å². The third-order valence-electron chi connectivity index (χ3n) is 2.71. The Kier molecular flexibility index (Phi) is 6.03. The van der Waals surface area contributed by atoms with Gasteiger partial charge in [0, 0.05) is 18.5 Å². The van der Waals surface area contributed by atoms with E-state index in [4.69, 9.17) is 16.3 Å². The molecular weight excluding hydrogens is 214 g/mol. The minimum absolute atomic E-state index is 0.0285. The van der Waals surface area contributed by atoms with Gasteiger partial charge in [0.05, 0.1) is 0 Å². The maximum Gasteiger partial charge on any atom is 0.246 e. The molecule has 1 saturated carbocycles. The fourth-order valence-corrected chi connectivity index (χ4v) is 2.20. The van der Waals surface area contributed by atoms with Gasteiger partial charge in [-0.15, -0.1) is 11.6 Å². The summed E-state index contributed by atoms with van der Waals surface area (Å²) in [7, 11) is 0. The first-order valence-electron chi connectivity index (χ1n) is 5.72. The highest BCUT2D eigenvalue weighted by Crippen LogP contribution is 2.29. The van der Waals surface area contributed by atoms with Crippen LogP contribution < -0.4 is 5.32 Å². The molecule has 1 aliphatic rings. The Morgan fingerprint density at radius 1 is 1.53 bits per heavy atom. The highest BCUT2D eigenvalue weighted by Gasteiger charge is 2.25. The number of alkyl halides is 1. The lowest BCUT2D eigenvalue weighted by Gasteiger charge is -2.14. The second-order valence-corrected chi connectivity index (χ2v) is 4.62. The third kappa shape index (κ3) is 4.85. The number of carbonyl (C=O) groups excluding carboxylic acids is 1. The molecule has 1 amide bonds. The Bertz CT molecular complexity index is 199. The Labute approximate surface area is 96.5 Å². The van der Waals surface area contributed by atoms with Crippen LogP contribution in [0, 0.1) is 5.92 Å². The predicted octanol–water partition coefficient (Wildman–Crippen LogP) is 1.94. The van der Waals surface area contributed by atoms with Crippen LogP contribution in [-0.2, 0) is 9.53 Å².